The molecule has 6 rings (SSSR count). The molecule has 0 saturated carbocycles. The highest BCUT2D eigenvalue weighted by Crippen LogP contribution is 2.54. The maximum Gasteiger partial charge on any atom is 0.312 e. The number of cyclic esters (lactones) is 1. The zero-order valence-corrected chi connectivity index (χ0v) is 22.3. The van der Waals surface area contributed by atoms with Gasteiger partial charge in [0.2, 0.25) is 11.8 Å². The van der Waals surface area contributed by atoms with Crippen molar-refractivity contribution in [1.82, 2.24) is 9.80 Å². The summed E-state index contributed by atoms with van der Waals surface area (Å²) in [7, 11) is 0. The van der Waals surface area contributed by atoms with Crippen LogP contribution in [0.25, 0.3) is 0 Å². The van der Waals surface area contributed by atoms with Crippen molar-refractivity contribution in [3.05, 3.63) is 96.1 Å². The molecule has 4 aliphatic heterocycles. The number of rotatable bonds is 5. The summed E-state index contributed by atoms with van der Waals surface area (Å²) in [5.74, 6) is -3.02. The molecule has 2 aromatic rings. The predicted octanol–water partition coefficient (Wildman–Crippen LogP) is 3.18. The molecular formula is C32H34N2O6. The average molecular weight is 543 g/mol. The fourth-order valence-electron chi connectivity index (χ4n) is 6.71. The molecule has 6 atom stereocenters. The second-order valence-electron chi connectivity index (χ2n) is 10.9. The van der Waals surface area contributed by atoms with Gasteiger partial charge in [0.25, 0.3) is 0 Å². The Labute approximate surface area is 233 Å². The number of benzene rings is 2. The topological polar surface area (TPSA) is 96.4 Å². The molecule has 2 amide bonds. The number of aliphatic hydroxyl groups is 1. The lowest BCUT2D eigenvalue weighted by molar-refractivity contribution is -0.156. The van der Waals surface area contributed by atoms with E-state index in [4.69, 9.17) is 9.47 Å². The van der Waals surface area contributed by atoms with Gasteiger partial charge in [-0.3, -0.25) is 14.4 Å². The number of aliphatic hydroxyl groups excluding tert-OH is 1. The Morgan fingerprint density at radius 1 is 0.950 bits per heavy atom. The Hall–Kier alpha value is -3.75. The van der Waals surface area contributed by atoms with E-state index in [9.17, 15) is 19.5 Å². The van der Waals surface area contributed by atoms with Crippen molar-refractivity contribution in [2.24, 2.45) is 11.8 Å². The van der Waals surface area contributed by atoms with E-state index in [1.807, 2.05) is 85.0 Å². The van der Waals surface area contributed by atoms with E-state index in [-0.39, 0.29) is 25.0 Å². The maximum atomic E-state index is 14.5. The van der Waals surface area contributed by atoms with E-state index in [0.717, 1.165) is 24.8 Å². The van der Waals surface area contributed by atoms with E-state index in [0.29, 0.717) is 18.7 Å². The Balaban J connectivity index is 1.47. The van der Waals surface area contributed by atoms with Crippen LogP contribution in [0.15, 0.2) is 85.0 Å². The van der Waals surface area contributed by atoms with Crippen LogP contribution in [0.1, 0.15) is 36.4 Å². The van der Waals surface area contributed by atoms with Gasteiger partial charge in [-0.15, -0.1) is 0 Å². The molecule has 2 saturated heterocycles. The van der Waals surface area contributed by atoms with E-state index in [1.54, 1.807) is 4.90 Å². The molecule has 1 N–H and O–H groups in total. The summed E-state index contributed by atoms with van der Waals surface area (Å²) >= 11 is 0. The third-order valence-electron chi connectivity index (χ3n) is 8.53. The molecule has 1 unspecified atom stereocenters. The van der Waals surface area contributed by atoms with Crippen LogP contribution < -0.4 is 0 Å². The van der Waals surface area contributed by atoms with Gasteiger partial charge in [0, 0.05) is 13.1 Å². The minimum absolute atomic E-state index is 0.278. The van der Waals surface area contributed by atoms with Crippen LogP contribution in [0, 0.1) is 11.8 Å². The van der Waals surface area contributed by atoms with Crippen molar-refractivity contribution in [3.63, 3.8) is 0 Å². The maximum absolute atomic E-state index is 14.5. The smallest absolute Gasteiger partial charge is 0.312 e. The first-order chi connectivity index (χ1) is 19.5. The second kappa shape index (κ2) is 11.0. The van der Waals surface area contributed by atoms with Crippen LogP contribution in [-0.4, -0.2) is 70.2 Å². The van der Waals surface area contributed by atoms with Gasteiger partial charge in [-0.05, 0) is 30.4 Å². The molecule has 0 aliphatic carbocycles. The van der Waals surface area contributed by atoms with Gasteiger partial charge in [0.15, 0.2) is 0 Å². The number of carbonyl (C=O) groups excluding carboxylic acids is 3. The molecule has 0 radical (unpaired) electrons. The number of nitrogens with zero attached hydrogens (tertiary/aromatic N) is 2. The minimum atomic E-state index is -1.38. The summed E-state index contributed by atoms with van der Waals surface area (Å²) in [6.45, 7) is 0.574. The fraction of sp³-hybridized carbons (Fsp3) is 0.406. The average Bonchev–Trinajstić information content (AvgIpc) is 3.37. The first-order valence-electron chi connectivity index (χ1n) is 14.0. The summed E-state index contributed by atoms with van der Waals surface area (Å²) in [5, 5.41) is 10.6. The zero-order chi connectivity index (χ0) is 27.7. The lowest BCUT2D eigenvalue weighted by Gasteiger charge is -2.38. The molecule has 8 heteroatoms. The largest absolute Gasteiger partial charge is 0.465 e. The molecule has 1 spiro atoms. The quantitative estimate of drug-likeness (QED) is 0.461. The number of carbonyl (C=O) groups is 3. The van der Waals surface area contributed by atoms with Crippen LogP contribution in [0.5, 0.6) is 0 Å². The molecule has 8 nitrogen and oxygen atoms in total. The Morgan fingerprint density at radius 3 is 2.45 bits per heavy atom. The highest BCUT2D eigenvalue weighted by molar-refractivity contribution is 5.99. The van der Waals surface area contributed by atoms with Gasteiger partial charge in [0.05, 0.1) is 31.3 Å². The molecule has 2 fully saturated rings. The van der Waals surface area contributed by atoms with Crippen LogP contribution in [0.3, 0.4) is 0 Å². The monoisotopic (exact) mass is 542 g/mol. The Morgan fingerprint density at radius 2 is 1.70 bits per heavy atom. The minimum Gasteiger partial charge on any atom is -0.465 e. The SMILES string of the molecule is O=C1OCCCC/C=C\[C@@H]2O[C@]34C=CCN(Cc5ccccc5)C(=O)C3N([C@H](CO)c3ccccc3)C(=O)[C@@H]4[C@H]12. The van der Waals surface area contributed by atoms with Crippen LogP contribution in [-0.2, 0) is 30.4 Å². The van der Waals surface area contributed by atoms with E-state index in [2.05, 4.69) is 0 Å². The van der Waals surface area contributed by atoms with Crippen molar-refractivity contribution in [2.75, 3.05) is 19.8 Å². The number of hydrogen-bond acceptors (Lipinski definition) is 6. The van der Waals surface area contributed by atoms with Crippen molar-refractivity contribution in [3.8, 4) is 0 Å². The standard InChI is InChI=1S/C32H34N2O6/c35-21-24(23-14-7-4-8-15-23)34-28-30(37)33(20-22-12-5-3-6-13-22)18-11-17-32(28)27(29(34)36)26-25(40-32)16-9-1-2-10-19-39-31(26)38/h3-9,11-17,24-28,35H,1-2,10,18-21H2/b16-9-/t24-,25+,26-,27+,28?,32+/m1/s1. The molecule has 4 aliphatic rings. The number of fused-ring (bicyclic) bond motifs is 2. The molecule has 4 heterocycles. The third-order valence-corrected chi connectivity index (χ3v) is 8.53. The van der Waals surface area contributed by atoms with Crippen molar-refractivity contribution in [1.29, 1.82) is 0 Å². The number of esters is 1. The Bertz CT molecular complexity index is 1310. The molecule has 2 aromatic carbocycles. The molecule has 0 aromatic heterocycles. The van der Waals surface area contributed by atoms with Crippen molar-refractivity contribution >= 4 is 17.8 Å². The van der Waals surface area contributed by atoms with Gasteiger partial charge in [0.1, 0.15) is 17.6 Å². The lowest BCUT2D eigenvalue weighted by atomic mass is 9.78. The van der Waals surface area contributed by atoms with Crippen molar-refractivity contribution < 1.29 is 29.0 Å². The normalized spacial score (nSPS) is 31.6. The van der Waals surface area contributed by atoms with Gasteiger partial charge in [-0.25, -0.2) is 0 Å². The van der Waals surface area contributed by atoms with Gasteiger partial charge in [-0.2, -0.15) is 0 Å². The first kappa shape index (κ1) is 26.5. The highest BCUT2D eigenvalue weighted by atomic mass is 16.6. The summed E-state index contributed by atoms with van der Waals surface area (Å²) < 4.78 is 12.3. The van der Waals surface area contributed by atoms with Crippen LogP contribution >= 0.6 is 0 Å². The number of ether oxygens (including phenoxy) is 2. The van der Waals surface area contributed by atoms with E-state index < -0.39 is 41.6 Å². The molecular weight excluding hydrogens is 508 g/mol. The number of allylic oxidation sites excluding steroid dienone is 1. The molecule has 40 heavy (non-hydrogen) atoms. The second-order valence-corrected chi connectivity index (χ2v) is 10.9. The Kier molecular flexibility index (Phi) is 7.29. The van der Waals surface area contributed by atoms with Gasteiger partial charge >= 0.3 is 5.97 Å². The fourth-order valence-corrected chi connectivity index (χ4v) is 6.71. The summed E-state index contributed by atoms with van der Waals surface area (Å²) in [6, 6.07) is 17.0. The van der Waals surface area contributed by atoms with Crippen molar-refractivity contribution in [2.45, 2.75) is 49.6 Å². The number of amides is 2. The third kappa shape index (κ3) is 4.45. The van der Waals surface area contributed by atoms with E-state index in [1.165, 1.54) is 4.90 Å². The zero-order valence-electron chi connectivity index (χ0n) is 22.3. The summed E-state index contributed by atoms with van der Waals surface area (Å²) in [5.41, 5.74) is 0.283. The number of likely N-dealkylation sites (tertiary alicyclic amines) is 1. The van der Waals surface area contributed by atoms with Crippen LogP contribution in [0.4, 0.5) is 0 Å². The lowest BCUT2D eigenvalue weighted by Crippen LogP contribution is -2.56. The highest BCUT2D eigenvalue weighted by Gasteiger charge is 2.72. The molecule has 0 bridgehead atoms. The van der Waals surface area contributed by atoms with Crippen LogP contribution in [0.2, 0.25) is 0 Å². The van der Waals surface area contributed by atoms with E-state index >= 15 is 0 Å². The number of hydrogen-bond donors (Lipinski definition) is 1. The first-order valence-corrected chi connectivity index (χ1v) is 14.0. The van der Waals surface area contributed by atoms with Gasteiger partial charge < -0.3 is 24.4 Å². The summed E-state index contributed by atoms with van der Waals surface area (Å²) in [4.78, 5) is 45.7. The summed E-state index contributed by atoms with van der Waals surface area (Å²) in [6.07, 6.45) is 9.26. The molecule has 208 valence electrons. The predicted molar refractivity (Wildman–Crippen MR) is 146 cm³/mol. The van der Waals surface area contributed by atoms with Gasteiger partial charge in [-0.1, -0.05) is 85.0 Å².